The Morgan fingerprint density at radius 3 is 2.25 bits per heavy atom. The number of hydrogen-bond acceptors (Lipinski definition) is 4. The molecule has 0 unspecified atom stereocenters. The van der Waals surface area contributed by atoms with Crippen LogP contribution in [0.1, 0.15) is 19.7 Å². The van der Waals surface area contributed by atoms with Gasteiger partial charge >= 0.3 is 0 Å². The van der Waals surface area contributed by atoms with Crippen molar-refractivity contribution in [1.29, 1.82) is 0 Å². The van der Waals surface area contributed by atoms with Crippen LogP contribution >= 0.6 is 0 Å². The number of rotatable bonds is 2. The van der Waals surface area contributed by atoms with Gasteiger partial charge in [-0.2, -0.15) is 0 Å². The molecule has 4 heteroatoms. The van der Waals surface area contributed by atoms with Crippen molar-refractivity contribution in [3.8, 4) is 11.5 Å². The Hall–Kier alpha value is -1.97. The molecule has 0 bridgehead atoms. The predicted octanol–water partition coefficient (Wildman–Crippen LogP) is 3.00. The molecule has 0 radical (unpaired) electrons. The van der Waals surface area contributed by atoms with E-state index in [-0.39, 0.29) is 0 Å². The molecule has 0 saturated heterocycles. The lowest BCUT2D eigenvalue weighted by Crippen LogP contribution is -1.89. The summed E-state index contributed by atoms with van der Waals surface area (Å²) in [7, 11) is 0. The minimum atomic E-state index is 0.614. The van der Waals surface area contributed by atoms with Gasteiger partial charge in [-0.1, -0.05) is 13.8 Å². The maximum Gasteiger partial charge on any atom is 0.164 e. The van der Waals surface area contributed by atoms with Crippen LogP contribution < -0.4 is 4.74 Å². The molecular weight excluding hydrogens is 202 g/mol. The zero-order chi connectivity index (χ0) is 11.8. The maximum absolute atomic E-state index is 5.45. The smallest absolute Gasteiger partial charge is 0.164 e. The van der Waals surface area contributed by atoms with E-state index in [0.717, 1.165) is 5.82 Å². The first-order valence-corrected chi connectivity index (χ1v) is 5.21. The second-order valence-electron chi connectivity index (χ2n) is 2.76. The molecule has 84 valence electrons. The van der Waals surface area contributed by atoms with Gasteiger partial charge in [0.15, 0.2) is 5.75 Å². The fraction of sp³-hybridized carbons (Fsp3) is 0.250. The number of pyridine rings is 1. The third kappa shape index (κ3) is 3.65. The molecule has 0 N–H and O–H groups in total. The van der Waals surface area contributed by atoms with E-state index in [2.05, 4.69) is 15.0 Å². The van der Waals surface area contributed by atoms with E-state index in [1.54, 1.807) is 24.8 Å². The molecule has 0 fully saturated rings. The lowest BCUT2D eigenvalue weighted by Gasteiger charge is -2.03. The molecule has 2 aromatic rings. The number of hydrogen-bond donors (Lipinski definition) is 0. The first kappa shape index (κ1) is 12.1. The lowest BCUT2D eigenvalue weighted by atomic mass is 10.4. The largest absolute Gasteiger partial charge is 0.452 e. The van der Waals surface area contributed by atoms with Crippen molar-refractivity contribution in [2.45, 2.75) is 20.8 Å². The number of aryl methyl sites for hydroxylation is 1. The monoisotopic (exact) mass is 217 g/mol. The highest BCUT2D eigenvalue weighted by Crippen LogP contribution is 2.17. The van der Waals surface area contributed by atoms with Gasteiger partial charge in [-0.3, -0.25) is 4.98 Å². The van der Waals surface area contributed by atoms with Crippen LogP contribution in [0.25, 0.3) is 0 Å². The van der Waals surface area contributed by atoms with Gasteiger partial charge in [0.05, 0.1) is 18.6 Å². The molecule has 0 spiro atoms. The number of aromatic nitrogens is 3. The summed E-state index contributed by atoms with van der Waals surface area (Å²) in [6, 6.07) is 3.64. The minimum Gasteiger partial charge on any atom is -0.452 e. The molecule has 0 amide bonds. The molecule has 0 atom stereocenters. The van der Waals surface area contributed by atoms with Gasteiger partial charge in [-0.25, -0.2) is 9.97 Å². The Morgan fingerprint density at radius 2 is 1.69 bits per heavy atom. The third-order valence-corrected chi connectivity index (χ3v) is 1.63. The lowest BCUT2D eigenvalue weighted by molar-refractivity contribution is 0.474. The fourth-order valence-corrected chi connectivity index (χ4v) is 0.977. The van der Waals surface area contributed by atoms with Gasteiger partial charge < -0.3 is 4.74 Å². The second-order valence-corrected chi connectivity index (χ2v) is 2.76. The van der Waals surface area contributed by atoms with E-state index >= 15 is 0 Å². The molecule has 2 aromatic heterocycles. The van der Waals surface area contributed by atoms with Crippen molar-refractivity contribution < 1.29 is 4.74 Å². The topological polar surface area (TPSA) is 47.9 Å². The summed E-state index contributed by atoms with van der Waals surface area (Å²) in [4.78, 5) is 12.0. The average molecular weight is 217 g/mol. The van der Waals surface area contributed by atoms with E-state index in [9.17, 15) is 0 Å². The van der Waals surface area contributed by atoms with Crippen molar-refractivity contribution in [2.75, 3.05) is 0 Å². The quantitative estimate of drug-likeness (QED) is 0.775. The van der Waals surface area contributed by atoms with Gasteiger partial charge in [0.2, 0.25) is 0 Å². The molecule has 0 aliphatic heterocycles. The van der Waals surface area contributed by atoms with Crippen molar-refractivity contribution in [3.63, 3.8) is 0 Å². The summed E-state index contributed by atoms with van der Waals surface area (Å²) in [5, 5.41) is 0. The van der Waals surface area contributed by atoms with Crippen molar-refractivity contribution in [2.24, 2.45) is 0 Å². The van der Waals surface area contributed by atoms with E-state index in [1.165, 1.54) is 0 Å². The zero-order valence-corrected chi connectivity index (χ0v) is 9.71. The molecule has 0 saturated carbocycles. The maximum atomic E-state index is 5.45. The summed E-state index contributed by atoms with van der Waals surface area (Å²) in [6.07, 6.45) is 6.60. The minimum absolute atomic E-state index is 0.614. The molecule has 2 rings (SSSR count). The first-order valence-electron chi connectivity index (χ1n) is 5.21. The van der Waals surface area contributed by atoms with E-state index < -0.39 is 0 Å². The van der Waals surface area contributed by atoms with E-state index in [0.29, 0.717) is 11.5 Å². The Bertz CT molecular complexity index is 400. The second kappa shape index (κ2) is 6.50. The standard InChI is InChI=1S/C10H9N3O.C2H6/c1-8-12-6-10(7-13-8)14-9-3-2-4-11-5-9;1-2/h2-7H,1H3;1-2H3. The Morgan fingerprint density at radius 1 is 1.00 bits per heavy atom. The molecule has 4 nitrogen and oxygen atoms in total. The van der Waals surface area contributed by atoms with Crippen LogP contribution in [0.3, 0.4) is 0 Å². The fourth-order valence-electron chi connectivity index (χ4n) is 0.977. The van der Waals surface area contributed by atoms with Crippen LogP contribution in [0.15, 0.2) is 36.9 Å². The summed E-state index contributed by atoms with van der Waals surface area (Å²) >= 11 is 0. The normalized spacial score (nSPS) is 8.94. The Kier molecular flexibility index (Phi) is 4.92. The molecule has 0 aliphatic rings. The van der Waals surface area contributed by atoms with E-state index in [1.807, 2.05) is 32.9 Å². The van der Waals surface area contributed by atoms with Crippen LogP contribution in [0.2, 0.25) is 0 Å². The van der Waals surface area contributed by atoms with Crippen molar-refractivity contribution in [1.82, 2.24) is 15.0 Å². The molecule has 2 heterocycles. The number of ether oxygens (including phenoxy) is 1. The Balaban J connectivity index is 0.000000606. The van der Waals surface area contributed by atoms with Crippen LogP contribution in [-0.4, -0.2) is 15.0 Å². The number of nitrogens with zero attached hydrogens (tertiary/aromatic N) is 3. The highest BCUT2D eigenvalue weighted by atomic mass is 16.5. The van der Waals surface area contributed by atoms with Crippen molar-refractivity contribution in [3.05, 3.63) is 42.7 Å². The summed E-state index contributed by atoms with van der Waals surface area (Å²) in [5.74, 6) is 2.02. The van der Waals surface area contributed by atoms with Gasteiger partial charge in [0, 0.05) is 6.20 Å². The SMILES string of the molecule is CC.Cc1ncc(Oc2cccnc2)cn1. The zero-order valence-electron chi connectivity index (χ0n) is 9.71. The van der Waals surface area contributed by atoms with Crippen LogP contribution in [0.4, 0.5) is 0 Å². The van der Waals surface area contributed by atoms with Gasteiger partial charge in [0.25, 0.3) is 0 Å². The molecule has 16 heavy (non-hydrogen) atoms. The summed E-state index contributed by atoms with van der Waals surface area (Å²) in [6.45, 7) is 5.83. The van der Waals surface area contributed by atoms with Gasteiger partial charge in [-0.15, -0.1) is 0 Å². The third-order valence-electron chi connectivity index (χ3n) is 1.63. The highest BCUT2D eigenvalue weighted by Gasteiger charge is 1.96. The molecule has 0 aromatic carbocycles. The first-order chi connectivity index (χ1) is 7.84. The summed E-state index contributed by atoms with van der Waals surface area (Å²) < 4.78 is 5.45. The predicted molar refractivity (Wildman–Crippen MR) is 62.4 cm³/mol. The molecular formula is C12H15N3O. The Labute approximate surface area is 95.4 Å². The average Bonchev–Trinajstić information content (AvgIpc) is 2.36. The van der Waals surface area contributed by atoms with Gasteiger partial charge in [0.1, 0.15) is 11.6 Å². The van der Waals surface area contributed by atoms with Crippen LogP contribution in [0.5, 0.6) is 11.5 Å². The van der Waals surface area contributed by atoms with Gasteiger partial charge in [-0.05, 0) is 19.1 Å². The summed E-state index contributed by atoms with van der Waals surface area (Å²) in [5.41, 5.74) is 0. The van der Waals surface area contributed by atoms with Crippen LogP contribution in [-0.2, 0) is 0 Å². The van der Waals surface area contributed by atoms with Crippen LogP contribution in [0, 0.1) is 6.92 Å². The van der Waals surface area contributed by atoms with Crippen molar-refractivity contribution >= 4 is 0 Å². The highest BCUT2D eigenvalue weighted by molar-refractivity contribution is 5.24. The molecule has 0 aliphatic carbocycles. The van der Waals surface area contributed by atoms with E-state index in [4.69, 9.17) is 4.74 Å².